The van der Waals surface area contributed by atoms with Crippen molar-refractivity contribution in [1.82, 2.24) is 5.32 Å². The van der Waals surface area contributed by atoms with Crippen LogP contribution in [0.5, 0.6) is 0 Å². The minimum atomic E-state index is -4.39. The SMILES string of the molecule is CC(C)(C)OC(=O)NCC=Cc1cc(C(F)(F)F)ccc1Br. The molecular formula is C15H17BrF3NO2. The fourth-order valence-electron chi connectivity index (χ4n) is 1.49. The largest absolute Gasteiger partial charge is 0.444 e. The zero-order chi connectivity index (χ0) is 17.0. The number of carbonyl (C=O) groups excluding carboxylic acids is 1. The van der Waals surface area contributed by atoms with E-state index < -0.39 is 23.4 Å². The average Bonchev–Trinajstić information content (AvgIpc) is 2.33. The van der Waals surface area contributed by atoms with E-state index in [4.69, 9.17) is 4.74 Å². The zero-order valence-corrected chi connectivity index (χ0v) is 14.0. The number of alkyl carbamates (subject to hydrolysis) is 1. The van der Waals surface area contributed by atoms with Gasteiger partial charge in [0.2, 0.25) is 0 Å². The van der Waals surface area contributed by atoms with Gasteiger partial charge in [0.25, 0.3) is 0 Å². The number of nitrogens with one attached hydrogen (secondary N) is 1. The van der Waals surface area contributed by atoms with E-state index in [0.29, 0.717) is 10.0 Å². The number of alkyl halides is 3. The molecule has 1 N–H and O–H groups in total. The number of ether oxygens (including phenoxy) is 1. The summed E-state index contributed by atoms with van der Waals surface area (Å²) in [6, 6.07) is 3.37. The van der Waals surface area contributed by atoms with E-state index in [9.17, 15) is 18.0 Å². The van der Waals surface area contributed by atoms with Crippen molar-refractivity contribution >= 4 is 28.1 Å². The molecule has 1 aromatic rings. The van der Waals surface area contributed by atoms with Crippen LogP contribution in [0.2, 0.25) is 0 Å². The van der Waals surface area contributed by atoms with Crippen LogP contribution in [0.15, 0.2) is 28.7 Å². The summed E-state index contributed by atoms with van der Waals surface area (Å²) in [5.74, 6) is 0. The van der Waals surface area contributed by atoms with E-state index in [-0.39, 0.29) is 6.54 Å². The van der Waals surface area contributed by atoms with Crippen molar-refractivity contribution in [3.8, 4) is 0 Å². The first-order valence-corrected chi connectivity index (χ1v) is 7.28. The molecular weight excluding hydrogens is 363 g/mol. The Hall–Kier alpha value is -1.50. The molecule has 1 aromatic carbocycles. The third-order valence-electron chi connectivity index (χ3n) is 2.38. The van der Waals surface area contributed by atoms with Crippen LogP contribution in [0, 0.1) is 0 Å². The second-order valence-corrected chi connectivity index (χ2v) is 6.37. The smallest absolute Gasteiger partial charge is 0.416 e. The van der Waals surface area contributed by atoms with E-state index in [1.54, 1.807) is 26.8 Å². The number of hydrogen-bond donors (Lipinski definition) is 1. The van der Waals surface area contributed by atoms with Crippen molar-refractivity contribution in [2.75, 3.05) is 6.54 Å². The highest BCUT2D eigenvalue weighted by Gasteiger charge is 2.30. The summed E-state index contributed by atoms with van der Waals surface area (Å²) in [4.78, 5) is 11.4. The number of halogens is 4. The molecule has 122 valence electrons. The first-order valence-electron chi connectivity index (χ1n) is 6.49. The maximum absolute atomic E-state index is 12.6. The molecule has 7 heteroatoms. The van der Waals surface area contributed by atoms with Gasteiger partial charge in [-0.2, -0.15) is 13.2 Å². The van der Waals surface area contributed by atoms with Crippen molar-refractivity contribution in [1.29, 1.82) is 0 Å². The number of hydrogen-bond acceptors (Lipinski definition) is 2. The summed E-state index contributed by atoms with van der Waals surface area (Å²) >= 11 is 3.19. The Labute approximate surface area is 135 Å². The Morgan fingerprint density at radius 1 is 1.32 bits per heavy atom. The summed E-state index contributed by atoms with van der Waals surface area (Å²) < 4.78 is 43.5. The number of benzene rings is 1. The van der Waals surface area contributed by atoms with E-state index in [0.717, 1.165) is 12.1 Å². The quantitative estimate of drug-likeness (QED) is 0.801. The van der Waals surface area contributed by atoms with Gasteiger partial charge in [-0.25, -0.2) is 4.79 Å². The molecule has 0 fully saturated rings. The molecule has 22 heavy (non-hydrogen) atoms. The lowest BCUT2D eigenvalue weighted by molar-refractivity contribution is -0.137. The highest BCUT2D eigenvalue weighted by molar-refractivity contribution is 9.10. The third kappa shape index (κ3) is 6.51. The average molecular weight is 380 g/mol. The standard InChI is InChI=1S/C15H17BrF3NO2/c1-14(2,3)22-13(21)20-8-4-5-10-9-11(15(17,18)19)6-7-12(10)16/h4-7,9H,8H2,1-3H3,(H,20,21). The van der Waals surface area contributed by atoms with Gasteiger partial charge in [0.1, 0.15) is 5.60 Å². The van der Waals surface area contributed by atoms with E-state index >= 15 is 0 Å². The van der Waals surface area contributed by atoms with Crippen LogP contribution in [-0.2, 0) is 10.9 Å². The zero-order valence-electron chi connectivity index (χ0n) is 12.4. The Morgan fingerprint density at radius 3 is 2.50 bits per heavy atom. The predicted molar refractivity (Wildman–Crippen MR) is 82.4 cm³/mol. The topological polar surface area (TPSA) is 38.3 Å². The molecule has 0 bridgehead atoms. The maximum atomic E-state index is 12.6. The van der Waals surface area contributed by atoms with Crippen molar-refractivity contribution in [3.63, 3.8) is 0 Å². The van der Waals surface area contributed by atoms with Gasteiger partial charge < -0.3 is 10.1 Å². The molecule has 0 aliphatic rings. The normalized spacial score (nSPS) is 12.5. The summed E-state index contributed by atoms with van der Waals surface area (Å²) in [5.41, 5.74) is -0.950. The van der Waals surface area contributed by atoms with Gasteiger partial charge in [-0.1, -0.05) is 28.1 Å². The molecule has 0 atom stereocenters. The first kappa shape index (κ1) is 18.5. The van der Waals surface area contributed by atoms with Crippen molar-refractivity contribution < 1.29 is 22.7 Å². The van der Waals surface area contributed by atoms with E-state index in [1.807, 2.05) is 0 Å². The lowest BCUT2D eigenvalue weighted by Crippen LogP contribution is -2.32. The monoisotopic (exact) mass is 379 g/mol. The van der Waals surface area contributed by atoms with Crippen LogP contribution in [0.25, 0.3) is 6.08 Å². The second kappa shape index (κ2) is 7.17. The van der Waals surface area contributed by atoms with Crippen molar-refractivity contribution in [2.45, 2.75) is 32.5 Å². The van der Waals surface area contributed by atoms with Crippen LogP contribution >= 0.6 is 15.9 Å². The molecule has 0 saturated carbocycles. The van der Waals surface area contributed by atoms with Crippen molar-refractivity contribution in [2.24, 2.45) is 0 Å². The van der Waals surface area contributed by atoms with E-state index in [2.05, 4.69) is 21.2 Å². The van der Waals surface area contributed by atoms with Crippen LogP contribution in [0.4, 0.5) is 18.0 Å². The van der Waals surface area contributed by atoms with Crippen LogP contribution in [0.1, 0.15) is 31.9 Å². The van der Waals surface area contributed by atoms with Gasteiger partial charge in [-0.15, -0.1) is 0 Å². The van der Waals surface area contributed by atoms with Gasteiger partial charge in [0.05, 0.1) is 5.56 Å². The fourth-order valence-corrected chi connectivity index (χ4v) is 1.87. The molecule has 1 amide bonds. The van der Waals surface area contributed by atoms with Gasteiger partial charge in [0.15, 0.2) is 0 Å². The van der Waals surface area contributed by atoms with Crippen LogP contribution < -0.4 is 5.32 Å². The first-order chi connectivity index (χ1) is 9.99. The van der Waals surface area contributed by atoms with Gasteiger partial charge in [0, 0.05) is 11.0 Å². The van der Waals surface area contributed by atoms with Crippen LogP contribution in [-0.4, -0.2) is 18.2 Å². The van der Waals surface area contributed by atoms with Gasteiger partial charge in [-0.3, -0.25) is 0 Å². The molecule has 0 aliphatic carbocycles. The third-order valence-corrected chi connectivity index (χ3v) is 3.11. The molecule has 0 saturated heterocycles. The number of rotatable bonds is 3. The predicted octanol–water partition coefficient (Wildman–Crippen LogP) is 5.01. The molecule has 0 spiro atoms. The van der Waals surface area contributed by atoms with Crippen molar-refractivity contribution in [3.05, 3.63) is 39.9 Å². The minimum Gasteiger partial charge on any atom is -0.444 e. The summed E-state index contributed by atoms with van der Waals surface area (Å²) in [5, 5.41) is 2.49. The summed E-state index contributed by atoms with van der Waals surface area (Å²) in [7, 11) is 0. The molecule has 0 aliphatic heterocycles. The highest BCUT2D eigenvalue weighted by Crippen LogP contribution is 2.32. The number of carbonyl (C=O) groups is 1. The molecule has 0 heterocycles. The second-order valence-electron chi connectivity index (χ2n) is 5.52. The maximum Gasteiger partial charge on any atom is 0.416 e. The minimum absolute atomic E-state index is 0.150. The molecule has 0 aromatic heterocycles. The molecule has 0 radical (unpaired) electrons. The Balaban J connectivity index is 2.65. The lowest BCUT2D eigenvalue weighted by Gasteiger charge is -2.19. The molecule has 0 unspecified atom stereocenters. The van der Waals surface area contributed by atoms with Crippen LogP contribution in [0.3, 0.4) is 0 Å². The van der Waals surface area contributed by atoms with Gasteiger partial charge >= 0.3 is 12.3 Å². The molecule has 3 nitrogen and oxygen atoms in total. The lowest BCUT2D eigenvalue weighted by atomic mass is 10.1. The Kier molecular flexibility index (Phi) is 6.05. The highest BCUT2D eigenvalue weighted by atomic mass is 79.9. The summed E-state index contributed by atoms with van der Waals surface area (Å²) in [6.45, 7) is 5.37. The van der Waals surface area contributed by atoms with E-state index in [1.165, 1.54) is 12.1 Å². The summed E-state index contributed by atoms with van der Waals surface area (Å²) in [6.07, 6.45) is -1.93. The Bertz CT molecular complexity index is 563. The molecule has 1 rings (SSSR count). The fraction of sp³-hybridized carbons (Fsp3) is 0.400. The number of amides is 1. The Morgan fingerprint density at radius 2 is 1.95 bits per heavy atom. The van der Waals surface area contributed by atoms with Gasteiger partial charge in [-0.05, 0) is 44.5 Å².